The molecule has 0 aromatic heterocycles. The molecule has 3 nitrogen and oxygen atoms in total. The van der Waals surface area contributed by atoms with Crippen LogP contribution in [0.5, 0.6) is 0 Å². The summed E-state index contributed by atoms with van der Waals surface area (Å²) in [5.41, 5.74) is 6.23. The second kappa shape index (κ2) is 4.17. The van der Waals surface area contributed by atoms with Crippen molar-refractivity contribution in [3.63, 3.8) is 0 Å². The third-order valence-corrected chi connectivity index (χ3v) is 3.62. The summed E-state index contributed by atoms with van der Waals surface area (Å²) in [7, 11) is 0. The highest BCUT2D eigenvalue weighted by Crippen LogP contribution is 2.29. The zero-order valence-electron chi connectivity index (χ0n) is 9.83. The molecule has 1 aliphatic heterocycles. The molecule has 3 atom stereocenters. The molecule has 0 amide bonds. The van der Waals surface area contributed by atoms with Crippen molar-refractivity contribution >= 4 is 0 Å². The third kappa shape index (κ3) is 2.47. The molecule has 0 aliphatic carbocycles. The van der Waals surface area contributed by atoms with E-state index in [4.69, 9.17) is 5.73 Å². The molecule has 0 bridgehead atoms. The van der Waals surface area contributed by atoms with Crippen molar-refractivity contribution in [1.82, 2.24) is 4.90 Å². The largest absolute Gasteiger partial charge is 0.392 e. The molecule has 3 N–H and O–H groups in total. The average Bonchev–Trinajstić information content (AvgIpc) is 2.08. The zero-order valence-corrected chi connectivity index (χ0v) is 9.83. The Morgan fingerprint density at radius 3 is 2.43 bits per heavy atom. The fraction of sp³-hybridized carbons (Fsp3) is 1.00. The molecule has 84 valence electrons. The predicted molar refractivity (Wildman–Crippen MR) is 59.1 cm³/mol. The minimum Gasteiger partial charge on any atom is -0.392 e. The van der Waals surface area contributed by atoms with E-state index in [9.17, 15) is 5.11 Å². The first-order chi connectivity index (χ1) is 6.34. The van der Waals surface area contributed by atoms with Gasteiger partial charge in [0.25, 0.3) is 0 Å². The number of nitrogens with zero attached hydrogens (tertiary/aromatic N) is 1. The molecule has 0 aromatic rings. The van der Waals surface area contributed by atoms with Gasteiger partial charge in [0.1, 0.15) is 0 Å². The molecule has 0 saturated carbocycles. The van der Waals surface area contributed by atoms with Gasteiger partial charge >= 0.3 is 0 Å². The summed E-state index contributed by atoms with van der Waals surface area (Å²) < 4.78 is 0. The molecule has 1 fully saturated rings. The molecule has 1 saturated heterocycles. The molecule has 1 aliphatic rings. The van der Waals surface area contributed by atoms with Gasteiger partial charge in [-0.2, -0.15) is 0 Å². The predicted octanol–water partition coefficient (Wildman–Crippen LogP) is 0.815. The normalized spacial score (nSPS) is 32.6. The van der Waals surface area contributed by atoms with E-state index >= 15 is 0 Å². The number of piperidine rings is 1. The maximum absolute atomic E-state index is 9.54. The van der Waals surface area contributed by atoms with E-state index in [1.165, 1.54) is 0 Å². The highest BCUT2D eigenvalue weighted by atomic mass is 16.3. The fourth-order valence-electron chi connectivity index (χ4n) is 2.07. The van der Waals surface area contributed by atoms with E-state index in [2.05, 4.69) is 25.7 Å². The van der Waals surface area contributed by atoms with Crippen LogP contribution in [0.25, 0.3) is 0 Å². The van der Waals surface area contributed by atoms with Gasteiger partial charge in [-0.15, -0.1) is 0 Å². The number of rotatable bonds is 2. The van der Waals surface area contributed by atoms with Gasteiger partial charge in [-0.1, -0.05) is 13.8 Å². The lowest BCUT2D eigenvalue weighted by Gasteiger charge is -2.45. The molecule has 3 heteroatoms. The minimum atomic E-state index is -0.264. The molecule has 0 spiro atoms. The van der Waals surface area contributed by atoms with Crippen LogP contribution in [0.4, 0.5) is 0 Å². The number of nitrogens with two attached hydrogens (primary N) is 1. The van der Waals surface area contributed by atoms with Crippen LogP contribution >= 0.6 is 0 Å². The van der Waals surface area contributed by atoms with Crippen molar-refractivity contribution in [3.8, 4) is 0 Å². The summed E-state index contributed by atoms with van der Waals surface area (Å²) >= 11 is 0. The molecular weight excluding hydrogens is 176 g/mol. The summed E-state index contributed by atoms with van der Waals surface area (Å²) in [5, 5.41) is 9.54. The molecular formula is C11H24N2O. The quantitative estimate of drug-likeness (QED) is 0.693. The number of aliphatic hydroxyl groups excluding tert-OH is 1. The highest BCUT2D eigenvalue weighted by molar-refractivity contribution is 4.91. The molecule has 1 heterocycles. The van der Waals surface area contributed by atoms with Crippen molar-refractivity contribution in [2.75, 3.05) is 13.1 Å². The Morgan fingerprint density at radius 1 is 1.43 bits per heavy atom. The Hall–Kier alpha value is -0.120. The Labute approximate surface area is 87.3 Å². The number of aliphatic hydroxyl groups is 1. The first-order valence-corrected chi connectivity index (χ1v) is 5.52. The van der Waals surface area contributed by atoms with Crippen LogP contribution in [-0.2, 0) is 0 Å². The highest BCUT2D eigenvalue weighted by Gasteiger charge is 2.35. The number of likely N-dealkylation sites (tertiary alicyclic amines) is 1. The van der Waals surface area contributed by atoms with Crippen LogP contribution in [0, 0.1) is 5.41 Å². The van der Waals surface area contributed by atoms with Gasteiger partial charge in [-0.25, -0.2) is 0 Å². The molecule has 3 unspecified atom stereocenters. The van der Waals surface area contributed by atoms with Crippen molar-refractivity contribution < 1.29 is 5.11 Å². The van der Waals surface area contributed by atoms with Crippen LogP contribution < -0.4 is 5.73 Å². The van der Waals surface area contributed by atoms with E-state index in [-0.39, 0.29) is 17.6 Å². The summed E-state index contributed by atoms with van der Waals surface area (Å²) in [6.45, 7) is 10.3. The Bertz CT molecular complexity index is 192. The third-order valence-electron chi connectivity index (χ3n) is 3.62. The smallest absolute Gasteiger partial charge is 0.0664 e. The van der Waals surface area contributed by atoms with Gasteiger partial charge in [0.05, 0.1) is 6.10 Å². The molecule has 1 rings (SSSR count). The van der Waals surface area contributed by atoms with E-state index in [0.717, 1.165) is 19.5 Å². The molecule has 14 heavy (non-hydrogen) atoms. The second-order valence-corrected chi connectivity index (χ2v) is 5.34. The first-order valence-electron chi connectivity index (χ1n) is 5.52. The lowest BCUT2D eigenvalue weighted by atomic mass is 9.79. The van der Waals surface area contributed by atoms with Gasteiger partial charge in [0, 0.05) is 25.2 Å². The molecule has 0 radical (unpaired) electrons. The van der Waals surface area contributed by atoms with Gasteiger partial charge in [0.2, 0.25) is 0 Å². The minimum absolute atomic E-state index is 0.168. The van der Waals surface area contributed by atoms with E-state index in [0.29, 0.717) is 6.04 Å². The average molecular weight is 200 g/mol. The Morgan fingerprint density at radius 2 is 2.00 bits per heavy atom. The van der Waals surface area contributed by atoms with Crippen molar-refractivity contribution in [3.05, 3.63) is 0 Å². The van der Waals surface area contributed by atoms with E-state index < -0.39 is 0 Å². The van der Waals surface area contributed by atoms with Crippen molar-refractivity contribution in [2.24, 2.45) is 11.1 Å². The van der Waals surface area contributed by atoms with Crippen LogP contribution in [0.3, 0.4) is 0 Å². The van der Waals surface area contributed by atoms with Crippen molar-refractivity contribution in [1.29, 1.82) is 0 Å². The SMILES string of the molecule is CC(O)C(C)N1CCC(N)C(C)(C)C1. The van der Waals surface area contributed by atoms with Gasteiger partial charge < -0.3 is 10.8 Å². The van der Waals surface area contributed by atoms with Crippen LogP contribution in [-0.4, -0.2) is 41.3 Å². The number of hydrogen-bond acceptors (Lipinski definition) is 3. The summed E-state index contributed by atoms with van der Waals surface area (Å²) in [4.78, 5) is 2.34. The van der Waals surface area contributed by atoms with Crippen molar-refractivity contribution in [2.45, 2.75) is 52.3 Å². The summed E-state index contributed by atoms with van der Waals surface area (Å²) in [5.74, 6) is 0. The topological polar surface area (TPSA) is 49.5 Å². The lowest BCUT2D eigenvalue weighted by molar-refractivity contribution is 0.0132. The van der Waals surface area contributed by atoms with Crippen LogP contribution in [0.15, 0.2) is 0 Å². The zero-order chi connectivity index (χ0) is 10.9. The first kappa shape index (κ1) is 12.0. The van der Waals surface area contributed by atoms with Gasteiger partial charge in [-0.3, -0.25) is 4.90 Å². The van der Waals surface area contributed by atoms with Crippen LogP contribution in [0.2, 0.25) is 0 Å². The lowest BCUT2D eigenvalue weighted by Crippen LogP contribution is -2.56. The maximum atomic E-state index is 9.54. The summed E-state index contributed by atoms with van der Waals surface area (Å²) in [6, 6.07) is 0.529. The fourth-order valence-corrected chi connectivity index (χ4v) is 2.07. The standard InChI is InChI=1S/C11H24N2O/c1-8(9(2)14)13-6-5-10(12)11(3,4)7-13/h8-10,14H,5-7,12H2,1-4H3. The summed E-state index contributed by atoms with van der Waals surface area (Å²) in [6.07, 6.45) is 0.768. The van der Waals surface area contributed by atoms with E-state index in [1.807, 2.05) is 6.92 Å². The maximum Gasteiger partial charge on any atom is 0.0664 e. The Kier molecular flexibility index (Phi) is 3.56. The van der Waals surface area contributed by atoms with Crippen LogP contribution in [0.1, 0.15) is 34.1 Å². The van der Waals surface area contributed by atoms with Gasteiger partial charge in [-0.05, 0) is 25.7 Å². The van der Waals surface area contributed by atoms with Gasteiger partial charge in [0.15, 0.2) is 0 Å². The Balaban J connectivity index is 2.59. The molecule has 0 aromatic carbocycles. The number of hydrogen-bond donors (Lipinski definition) is 2. The second-order valence-electron chi connectivity index (χ2n) is 5.34. The monoisotopic (exact) mass is 200 g/mol. The van der Waals surface area contributed by atoms with E-state index in [1.54, 1.807) is 0 Å².